The maximum Gasteiger partial charge on any atom is 0.340 e. The summed E-state index contributed by atoms with van der Waals surface area (Å²) in [4.78, 5) is 34.1. The van der Waals surface area contributed by atoms with Crippen LogP contribution in [0.1, 0.15) is 42.1 Å². The number of likely N-dealkylation sites (N-methyl/N-ethyl adjacent to an activating group) is 1. The summed E-state index contributed by atoms with van der Waals surface area (Å²) in [7, 11) is 5.33. The summed E-state index contributed by atoms with van der Waals surface area (Å²) in [6.45, 7) is 4.86. The number of piperidine rings is 1. The number of ether oxygens (including phenoxy) is 2. The first-order chi connectivity index (χ1) is 17.2. The highest BCUT2D eigenvalue weighted by molar-refractivity contribution is 6.07. The Morgan fingerprint density at radius 1 is 1.33 bits per heavy atom. The van der Waals surface area contributed by atoms with Crippen molar-refractivity contribution in [3.8, 4) is 11.6 Å². The van der Waals surface area contributed by atoms with Crippen LogP contribution in [0.5, 0.6) is 11.6 Å². The van der Waals surface area contributed by atoms with Crippen molar-refractivity contribution >= 4 is 23.3 Å². The molecule has 3 amide bonds. The van der Waals surface area contributed by atoms with E-state index in [1.807, 2.05) is 25.9 Å². The van der Waals surface area contributed by atoms with E-state index in [1.165, 1.54) is 24.4 Å². The number of nitrogens with zero attached hydrogens (tertiary/aromatic N) is 4. The molecule has 36 heavy (non-hydrogen) atoms. The van der Waals surface area contributed by atoms with Gasteiger partial charge in [-0.05, 0) is 58.8 Å². The van der Waals surface area contributed by atoms with Crippen molar-refractivity contribution in [1.82, 2.24) is 20.2 Å². The van der Waals surface area contributed by atoms with Crippen LogP contribution < -0.4 is 25.2 Å². The van der Waals surface area contributed by atoms with E-state index in [4.69, 9.17) is 9.47 Å². The minimum Gasteiger partial charge on any atom is -0.488 e. The summed E-state index contributed by atoms with van der Waals surface area (Å²) in [5.41, 5.74) is 4.33. The zero-order valence-electron chi connectivity index (χ0n) is 21.3. The molecule has 0 aliphatic carbocycles. The smallest absolute Gasteiger partial charge is 0.340 e. The third kappa shape index (κ3) is 5.36. The number of hydrazine groups is 1. The fourth-order valence-electron chi connectivity index (χ4n) is 4.52. The van der Waals surface area contributed by atoms with Gasteiger partial charge in [-0.25, -0.2) is 24.6 Å². The van der Waals surface area contributed by atoms with Gasteiger partial charge in [0.1, 0.15) is 29.5 Å². The second-order valence-corrected chi connectivity index (χ2v) is 9.44. The van der Waals surface area contributed by atoms with Crippen molar-refractivity contribution in [3.05, 3.63) is 41.3 Å². The van der Waals surface area contributed by atoms with Gasteiger partial charge in [0.2, 0.25) is 5.88 Å². The van der Waals surface area contributed by atoms with Gasteiger partial charge in [-0.2, -0.15) is 0 Å². The zero-order chi connectivity index (χ0) is 26.0. The first kappa shape index (κ1) is 25.6. The molecule has 194 valence electrons. The number of nitrogens with one attached hydrogen (secondary N) is 2. The van der Waals surface area contributed by atoms with E-state index < -0.39 is 11.7 Å². The molecule has 0 spiro atoms. The molecule has 1 aromatic carbocycles. The molecular weight excluding hydrogens is 467 g/mol. The first-order valence-corrected chi connectivity index (χ1v) is 12.0. The predicted molar refractivity (Wildman–Crippen MR) is 134 cm³/mol. The van der Waals surface area contributed by atoms with Gasteiger partial charge < -0.3 is 24.6 Å². The molecule has 2 N–H and O–H groups in total. The molecule has 10 nitrogen and oxygen atoms in total. The molecule has 0 radical (unpaired) electrons. The number of fused-ring (bicyclic) bond motifs is 1. The van der Waals surface area contributed by atoms with Gasteiger partial charge >= 0.3 is 6.03 Å². The van der Waals surface area contributed by atoms with Crippen molar-refractivity contribution in [2.75, 3.05) is 44.6 Å². The highest BCUT2D eigenvalue weighted by Crippen LogP contribution is 2.34. The van der Waals surface area contributed by atoms with Gasteiger partial charge in [-0.15, -0.1) is 0 Å². The second kappa shape index (κ2) is 10.7. The van der Waals surface area contributed by atoms with E-state index in [9.17, 15) is 9.59 Å². The molecule has 2 aliphatic heterocycles. The lowest BCUT2D eigenvalue weighted by molar-refractivity contribution is 0.101. The van der Waals surface area contributed by atoms with Gasteiger partial charge in [0.25, 0.3) is 5.91 Å². The van der Waals surface area contributed by atoms with Crippen molar-refractivity contribution in [2.24, 2.45) is 0 Å². The van der Waals surface area contributed by atoms with Gasteiger partial charge in [0, 0.05) is 25.2 Å². The number of methoxy groups -OCH3 is 1. The molecule has 2 fully saturated rings. The number of halogens is 1. The Balaban J connectivity index is 1.67. The second-order valence-electron chi connectivity index (χ2n) is 9.44. The van der Waals surface area contributed by atoms with Crippen molar-refractivity contribution in [3.63, 3.8) is 0 Å². The van der Waals surface area contributed by atoms with Crippen LogP contribution in [0.4, 0.5) is 20.6 Å². The van der Waals surface area contributed by atoms with Gasteiger partial charge in [0.05, 0.1) is 24.6 Å². The summed E-state index contributed by atoms with van der Waals surface area (Å²) < 4.78 is 26.7. The van der Waals surface area contributed by atoms with Crippen molar-refractivity contribution < 1.29 is 23.5 Å². The maximum absolute atomic E-state index is 15.4. The van der Waals surface area contributed by atoms with Crippen molar-refractivity contribution in [2.45, 2.75) is 45.4 Å². The summed E-state index contributed by atoms with van der Waals surface area (Å²) in [5.74, 6) is -0.669. The van der Waals surface area contributed by atoms with Crippen LogP contribution in [0.2, 0.25) is 0 Å². The summed E-state index contributed by atoms with van der Waals surface area (Å²) in [5, 5.41) is 4.00. The largest absolute Gasteiger partial charge is 0.488 e. The topological polar surface area (TPSA) is 99.3 Å². The van der Waals surface area contributed by atoms with Gasteiger partial charge in [-0.1, -0.05) is 0 Å². The first-order valence-electron chi connectivity index (χ1n) is 12.0. The zero-order valence-corrected chi connectivity index (χ0v) is 21.3. The number of carbonyl (C=O) groups excluding carboxylic acids is 2. The average Bonchev–Trinajstić information content (AvgIpc) is 3.17. The highest BCUT2D eigenvalue weighted by atomic mass is 19.1. The number of rotatable bonds is 8. The molecule has 4 rings (SSSR count). The van der Waals surface area contributed by atoms with Crippen LogP contribution in [0.15, 0.2) is 24.4 Å². The van der Waals surface area contributed by atoms with Crippen LogP contribution in [0, 0.1) is 12.7 Å². The fraction of sp³-hybridized carbons (Fsp3) is 0.480. The lowest BCUT2D eigenvalue weighted by Crippen LogP contribution is -2.40. The molecule has 2 saturated heterocycles. The number of pyridine rings is 1. The van der Waals surface area contributed by atoms with Crippen LogP contribution in [-0.2, 0) is 0 Å². The number of anilines is 2. The Labute approximate surface area is 210 Å². The number of hydrogen-bond acceptors (Lipinski definition) is 7. The van der Waals surface area contributed by atoms with Crippen molar-refractivity contribution in [1.29, 1.82) is 0 Å². The van der Waals surface area contributed by atoms with Crippen LogP contribution in [-0.4, -0.2) is 73.3 Å². The molecule has 2 aliphatic rings. The molecule has 3 heterocycles. The number of aromatic nitrogens is 1. The molecule has 2 aromatic rings. The number of hydrogen-bond donors (Lipinski definition) is 2. The number of aryl methyl sites for hydroxylation is 1. The van der Waals surface area contributed by atoms with E-state index in [0.29, 0.717) is 24.7 Å². The van der Waals surface area contributed by atoms with Gasteiger partial charge in [0.15, 0.2) is 0 Å². The summed E-state index contributed by atoms with van der Waals surface area (Å²) in [6, 6.07) is 3.90. The molecule has 0 bridgehead atoms. The predicted octanol–water partition coefficient (Wildman–Crippen LogP) is 3.38. The van der Waals surface area contributed by atoms with E-state index in [1.54, 1.807) is 17.9 Å². The average molecular weight is 501 g/mol. The van der Waals surface area contributed by atoms with E-state index in [0.717, 1.165) is 30.9 Å². The van der Waals surface area contributed by atoms with Crippen LogP contribution in [0.25, 0.3) is 0 Å². The molecule has 2 atom stereocenters. The summed E-state index contributed by atoms with van der Waals surface area (Å²) in [6.07, 6.45) is 3.71. The number of carbonyl (C=O) groups is 2. The normalized spacial score (nSPS) is 18.3. The van der Waals surface area contributed by atoms with Crippen LogP contribution >= 0.6 is 0 Å². The molecular formula is C25H33FN6O4. The Bertz CT molecular complexity index is 1140. The molecule has 0 saturated carbocycles. The number of benzene rings is 1. The number of amides is 3. The number of urea groups is 1. The third-order valence-corrected chi connectivity index (χ3v) is 6.25. The highest BCUT2D eigenvalue weighted by Gasteiger charge is 2.40. The monoisotopic (exact) mass is 500 g/mol. The maximum atomic E-state index is 15.4. The van der Waals surface area contributed by atoms with E-state index >= 15 is 4.39 Å². The van der Waals surface area contributed by atoms with Crippen LogP contribution in [0.3, 0.4) is 0 Å². The Morgan fingerprint density at radius 3 is 2.78 bits per heavy atom. The van der Waals surface area contributed by atoms with E-state index in [2.05, 4.69) is 15.7 Å². The Kier molecular flexibility index (Phi) is 7.60. The Hall–Kier alpha value is -3.44. The molecule has 11 heteroatoms. The minimum absolute atomic E-state index is 0.0142. The van der Waals surface area contributed by atoms with E-state index in [-0.39, 0.29) is 35.3 Å². The third-order valence-electron chi connectivity index (χ3n) is 6.25. The lowest BCUT2D eigenvalue weighted by atomic mass is 10.1. The Morgan fingerprint density at radius 2 is 2.11 bits per heavy atom. The SMILES string of the molecule is COc1cc(C)c(NC(=O)c2cc(F)c(N3NC4CCCCN4C3=O)cc2O[C@@H](C)CN(C)C)cn1. The molecule has 1 aromatic heterocycles. The lowest BCUT2D eigenvalue weighted by Gasteiger charge is -2.26. The molecule has 1 unspecified atom stereocenters. The fourth-order valence-corrected chi connectivity index (χ4v) is 4.52. The minimum atomic E-state index is -0.710. The standard InChI is InChI=1S/C25H33FN6O4/c1-15-10-23(35-5)27-13-19(15)28-24(33)17-11-18(26)20(12-21(17)36-16(2)14-30(3)4)32-25(34)31-9-7-6-8-22(31)29-32/h10-13,16,22,29H,6-9,14H2,1-5H3,(H,28,33)/t16-,22?/m0/s1. The van der Waals surface area contributed by atoms with Gasteiger partial charge in [-0.3, -0.25) is 4.79 Å². The summed E-state index contributed by atoms with van der Waals surface area (Å²) >= 11 is 0. The quantitative estimate of drug-likeness (QED) is 0.573.